The molecular formula is C22H21FN2O3S. The lowest BCUT2D eigenvalue weighted by atomic mass is 10.1. The molecule has 0 unspecified atom stereocenters. The number of ether oxygens (including phenoxy) is 1. The van der Waals surface area contributed by atoms with E-state index in [0.717, 1.165) is 22.5 Å². The molecule has 1 aromatic heterocycles. The van der Waals surface area contributed by atoms with Crippen molar-refractivity contribution in [1.29, 1.82) is 0 Å². The van der Waals surface area contributed by atoms with Crippen molar-refractivity contribution in [3.05, 3.63) is 70.0 Å². The first-order valence-electron chi connectivity index (χ1n) is 9.07. The molecule has 1 atom stereocenters. The molecule has 7 heteroatoms. The van der Waals surface area contributed by atoms with E-state index in [4.69, 9.17) is 4.74 Å². The first-order valence-corrected chi connectivity index (χ1v) is 9.88. The van der Waals surface area contributed by atoms with Crippen LogP contribution in [0.25, 0.3) is 10.6 Å². The van der Waals surface area contributed by atoms with Gasteiger partial charge in [-0.1, -0.05) is 17.7 Å². The lowest BCUT2D eigenvalue weighted by Crippen LogP contribution is -2.30. The fourth-order valence-electron chi connectivity index (χ4n) is 2.76. The molecule has 0 spiro atoms. The van der Waals surface area contributed by atoms with Crippen LogP contribution in [0.15, 0.2) is 42.5 Å². The Morgan fingerprint density at radius 2 is 1.79 bits per heavy atom. The zero-order chi connectivity index (χ0) is 21.1. The number of aryl methyl sites for hydroxylation is 3. The first kappa shape index (κ1) is 20.7. The molecule has 0 bridgehead atoms. The van der Waals surface area contributed by atoms with Gasteiger partial charge in [-0.05, 0) is 63.6 Å². The third-order valence-electron chi connectivity index (χ3n) is 4.37. The number of anilines is 1. The predicted octanol–water partition coefficient (Wildman–Crippen LogP) is 5.06. The maximum Gasteiger partial charge on any atom is 0.351 e. The molecule has 0 aliphatic heterocycles. The molecule has 3 rings (SSSR count). The number of halogens is 1. The molecule has 0 saturated heterocycles. The van der Waals surface area contributed by atoms with Crippen LogP contribution in [0, 0.1) is 26.6 Å². The number of hydrogen-bond acceptors (Lipinski definition) is 5. The standard InChI is InChI=1S/C22H21FN2O3S/c1-12-5-10-18(13(2)11-12)25-20(26)15(4)28-22(27)19-14(3)24-21(29-19)16-6-8-17(23)9-7-16/h5-11,15H,1-4H3,(H,25,26)/t15-/m0/s1. The fourth-order valence-corrected chi connectivity index (χ4v) is 3.71. The van der Waals surface area contributed by atoms with E-state index in [1.165, 1.54) is 19.1 Å². The second kappa shape index (κ2) is 8.53. The molecule has 1 N–H and O–H groups in total. The molecule has 1 amide bonds. The highest BCUT2D eigenvalue weighted by Gasteiger charge is 2.23. The Balaban J connectivity index is 1.69. The SMILES string of the molecule is Cc1ccc(NC(=O)[C@H](C)OC(=O)c2sc(-c3ccc(F)cc3)nc2C)c(C)c1. The fraction of sp³-hybridized carbons (Fsp3) is 0.227. The summed E-state index contributed by atoms with van der Waals surface area (Å²) in [6.45, 7) is 7.09. The molecule has 150 valence electrons. The highest BCUT2D eigenvalue weighted by molar-refractivity contribution is 7.17. The number of hydrogen-bond donors (Lipinski definition) is 1. The summed E-state index contributed by atoms with van der Waals surface area (Å²) in [6, 6.07) is 11.6. The number of aromatic nitrogens is 1. The van der Waals surface area contributed by atoms with Gasteiger partial charge in [-0.15, -0.1) is 11.3 Å². The molecule has 0 aliphatic carbocycles. The van der Waals surface area contributed by atoms with Crippen molar-refractivity contribution >= 4 is 28.9 Å². The summed E-state index contributed by atoms with van der Waals surface area (Å²) in [5, 5.41) is 3.37. The van der Waals surface area contributed by atoms with Gasteiger partial charge in [0.15, 0.2) is 6.10 Å². The average Bonchev–Trinajstić information content (AvgIpc) is 3.06. The normalized spacial score (nSPS) is 11.8. The number of carbonyl (C=O) groups excluding carboxylic acids is 2. The summed E-state index contributed by atoms with van der Waals surface area (Å²) in [5.41, 5.74) is 3.91. The van der Waals surface area contributed by atoms with Gasteiger partial charge in [0, 0.05) is 11.3 Å². The van der Waals surface area contributed by atoms with Gasteiger partial charge in [-0.3, -0.25) is 4.79 Å². The quantitative estimate of drug-likeness (QED) is 0.595. The van der Waals surface area contributed by atoms with E-state index in [-0.39, 0.29) is 5.82 Å². The van der Waals surface area contributed by atoms with Crippen molar-refractivity contribution in [2.75, 3.05) is 5.32 Å². The van der Waals surface area contributed by atoms with Crippen LogP contribution in [0.3, 0.4) is 0 Å². The minimum atomic E-state index is -0.973. The van der Waals surface area contributed by atoms with Crippen LogP contribution in [0.5, 0.6) is 0 Å². The van der Waals surface area contributed by atoms with Crippen molar-refractivity contribution in [3.63, 3.8) is 0 Å². The van der Waals surface area contributed by atoms with Crippen LogP contribution in [-0.2, 0) is 9.53 Å². The Labute approximate surface area is 172 Å². The number of rotatable bonds is 5. The number of thiazole rings is 1. The van der Waals surface area contributed by atoms with Crippen LogP contribution in [0.2, 0.25) is 0 Å². The minimum Gasteiger partial charge on any atom is -0.448 e. The average molecular weight is 412 g/mol. The lowest BCUT2D eigenvalue weighted by Gasteiger charge is -2.14. The lowest BCUT2D eigenvalue weighted by molar-refractivity contribution is -0.123. The van der Waals surface area contributed by atoms with Crippen molar-refractivity contribution < 1.29 is 18.7 Å². The topological polar surface area (TPSA) is 68.3 Å². The van der Waals surface area contributed by atoms with Crippen molar-refractivity contribution in [3.8, 4) is 10.6 Å². The number of nitrogens with zero attached hydrogens (tertiary/aromatic N) is 1. The van der Waals surface area contributed by atoms with Crippen LogP contribution in [0.4, 0.5) is 10.1 Å². The Bertz CT molecular complexity index is 1060. The van der Waals surface area contributed by atoms with E-state index in [0.29, 0.717) is 26.8 Å². The Kier molecular flexibility index (Phi) is 6.08. The highest BCUT2D eigenvalue weighted by Crippen LogP contribution is 2.29. The molecule has 2 aromatic carbocycles. The second-order valence-corrected chi connectivity index (χ2v) is 7.79. The molecule has 0 saturated carbocycles. The molecule has 0 fully saturated rings. The second-order valence-electron chi connectivity index (χ2n) is 6.80. The van der Waals surface area contributed by atoms with Crippen LogP contribution in [0.1, 0.15) is 33.4 Å². The van der Waals surface area contributed by atoms with Gasteiger partial charge in [0.1, 0.15) is 15.7 Å². The van der Waals surface area contributed by atoms with E-state index in [2.05, 4.69) is 10.3 Å². The number of amides is 1. The van der Waals surface area contributed by atoms with E-state index in [1.54, 1.807) is 19.1 Å². The Morgan fingerprint density at radius 3 is 2.45 bits per heavy atom. The summed E-state index contributed by atoms with van der Waals surface area (Å²) in [7, 11) is 0. The zero-order valence-electron chi connectivity index (χ0n) is 16.6. The summed E-state index contributed by atoms with van der Waals surface area (Å²) < 4.78 is 18.4. The summed E-state index contributed by atoms with van der Waals surface area (Å²) in [6.07, 6.45) is -0.973. The van der Waals surface area contributed by atoms with Gasteiger partial charge in [0.25, 0.3) is 5.91 Å². The summed E-state index contributed by atoms with van der Waals surface area (Å²) in [4.78, 5) is 29.7. The molecule has 1 heterocycles. The van der Waals surface area contributed by atoms with Crippen molar-refractivity contribution in [1.82, 2.24) is 4.98 Å². The van der Waals surface area contributed by atoms with Gasteiger partial charge >= 0.3 is 5.97 Å². The van der Waals surface area contributed by atoms with E-state index in [1.807, 2.05) is 32.0 Å². The van der Waals surface area contributed by atoms with Gasteiger partial charge in [-0.25, -0.2) is 14.2 Å². The molecule has 0 radical (unpaired) electrons. The van der Waals surface area contributed by atoms with Gasteiger partial charge in [0.2, 0.25) is 0 Å². The number of carbonyl (C=O) groups is 2. The first-order chi connectivity index (χ1) is 13.7. The van der Waals surface area contributed by atoms with Gasteiger partial charge < -0.3 is 10.1 Å². The van der Waals surface area contributed by atoms with Crippen molar-refractivity contribution in [2.45, 2.75) is 33.8 Å². The molecule has 29 heavy (non-hydrogen) atoms. The largest absolute Gasteiger partial charge is 0.448 e. The number of esters is 1. The maximum atomic E-state index is 13.1. The third-order valence-corrected chi connectivity index (χ3v) is 5.55. The van der Waals surface area contributed by atoms with Crippen LogP contribution < -0.4 is 5.32 Å². The van der Waals surface area contributed by atoms with Crippen LogP contribution in [-0.4, -0.2) is 23.0 Å². The Hall–Kier alpha value is -3.06. The van der Waals surface area contributed by atoms with Crippen molar-refractivity contribution in [2.24, 2.45) is 0 Å². The third kappa shape index (κ3) is 4.86. The Morgan fingerprint density at radius 1 is 1.10 bits per heavy atom. The predicted molar refractivity (Wildman–Crippen MR) is 112 cm³/mol. The summed E-state index contributed by atoms with van der Waals surface area (Å²) in [5.74, 6) is -1.37. The molecule has 0 aliphatic rings. The number of benzene rings is 2. The maximum absolute atomic E-state index is 13.1. The minimum absolute atomic E-state index is 0.315. The smallest absolute Gasteiger partial charge is 0.351 e. The molecule has 3 aromatic rings. The number of nitrogens with one attached hydrogen (secondary N) is 1. The molecule has 5 nitrogen and oxygen atoms in total. The van der Waals surface area contributed by atoms with E-state index in [9.17, 15) is 14.0 Å². The van der Waals surface area contributed by atoms with Crippen LogP contribution >= 0.6 is 11.3 Å². The monoisotopic (exact) mass is 412 g/mol. The van der Waals surface area contributed by atoms with Gasteiger partial charge in [0.05, 0.1) is 5.69 Å². The summed E-state index contributed by atoms with van der Waals surface area (Å²) >= 11 is 1.15. The van der Waals surface area contributed by atoms with E-state index >= 15 is 0 Å². The van der Waals surface area contributed by atoms with Gasteiger partial charge in [-0.2, -0.15) is 0 Å². The molecular weight excluding hydrogens is 391 g/mol. The zero-order valence-corrected chi connectivity index (χ0v) is 17.4. The van der Waals surface area contributed by atoms with E-state index < -0.39 is 18.0 Å². The highest BCUT2D eigenvalue weighted by atomic mass is 32.1.